The first-order valence-corrected chi connectivity index (χ1v) is 10.1. The van der Waals surface area contributed by atoms with Crippen molar-refractivity contribution in [2.24, 2.45) is 0 Å². The molecule has 1 aromatic carbocycles. The van der Waals surface area contributed by atoms with Crippen molar-refractivity contribution >= 4 is 46.3 Å². The number of esters is 1. The second-order valence-electron chi connectivity index (χ2n) is 5.61. The van der Waals surface area contributed by atoms with Crippen LogP contribution in [0.2, 0.25) is 0 Å². The molecule has 0 saturated heterocycles. The van der Waals surface area contributed by atoms with Crippen LogP contribution in [0.5, 0.6) is 0 Å². The summed E-state index contributed by atoms with van der Waals surface area (Å²) in [6.07, 6.45) is 3.05. The lowest BCUT2D eigenvalue weighted by Gasteiger charge is -2.04. The summed E-state index contributed by atoms with van der Waals surface area (Å²) in [5.41, 5.74) is 3.27. The van der Waals surface area contributed by atoms with Gasteiger partial charge in [-0.1, -0.05) is 12.1 Å². The first-order chi connectivity index (χ1) is 13.1. The Balaban J connectivity index is 1.67. The maximum absolute atomic E-state index is 12.6. The van der Waals surface area contributed by atoms with E-state index in [1.54, 1.807) is 36.5 Å². The highest BCUT2D eigenvalue weighted by atomic mass is 32.1. The first kappa shape index (κ1) is 19.0. The maximum Gasteiger partial charge on any atom is 0.330 e. The van der Waals surface area contributed by atoms with E-state index in [0.717, 1.165) is 16.1 Å². The molecule has 0 bridgehead atoms. The highest BCUT2D eigenvalue weighted by Gasteiger charge is 2.16. The molecule has 0 atom stereocenters. The minimum Gasteiger partial charge on any atom is -0.463 e. The van der Waals surface area contributed by atoms with E-state index in [-0.39, 0.29) is 11.9 Å². The van der Waals surface area contributed by atoms with Crippen molar-refractivity contribution in [2.45, 2.75) is 13.8 Å². The van der Waals surface area contributed by atoms with E-state index in [1.165, 1.54) is 17.4 Å². The van der Waals surface area contributed by atoms with Gasteiger partial charge in [-0.3, -0.25) is 4.79 Å². The predicted molar refractivity (Wildman–Crippen MR) is 110 cm³/mol. The van der Waals surface area contributed by atoms with Gasteiger partial charge in [-0.15, -0.1) is 11.3 Å². The van der Waals surface area contributed by atoms with Crippen molar-refractivity contribution in [2.75, 3.05) is 11.9 Å². The minimum absolute atomic E-state index is 0.179. The summed E-state index contributed by atoms with van der Waals surface area (Å²) in [5, 5.41) is 7.74. The lowest BCUT2D eigenvalue weighted by Crippen LogP contribution is -2.11. The van der Waals surface area contributed by atoms with Crippen molar-refractivity contribution < 1.29 is 14.3 Å². The number of benzene rings is 1. The number of nitrogens with zero attached hydrogens (tertiary/aromatic N) is 1. The number of thiophene rings is 1. The topological polar surface area (TPSA) is 68.3 Å². The molecule has 3 aromatic rings. The van der Waals surface area contributed by atoms with E-state index < -0.39 is 0 Å². The van der Waals surface area contributed by atoms with Crippen molar-refractivity contribution in [1.29, 1.82) is 0 Å². The van der Waals surface area contributed by atoms with Gasteiger partial charge >= 0.3 is 5.97 Å². The SMILES string of the molecule is CCOC(=O)/C=C/c1ccc(NC(=O)c2sc(-c3ccsc3)nc2C)cc1. The molecule has 1 N–H and O–H groups in total. The van der Waals surface area contributed by atoms with Gasteiger partial charge in [0, 0.05) is 22.7 Å². The molecule has 0 spiro atoms. The molecule has 0 fully saturated rings. The molecular formula is C20H18N2O3S2. The molecule has 2 aromatic heterocycles. The molecule has 3 rings (SSSR count). The van der Waals surface area contributed by atoms with E-state index in [0.29, 0.717) is 22.9 Å². The van der Waals surface area contributed by atoms with Crippen LogP contribution >= 0.6 is 22.7 Å². The van der Waals surface area contributed by atoms with Gasteiger partial charge in [0.15, 0.2) is 0 Å². The van der Waals surface area contributed by atoms with E-state index >= 15 is 0 Å². The summed E-state index contributed by atoms with van der Waals surface area (Å²) in [6, 6.07) is 9.22. The lowest BCUT2D eigenvalue weighted by atomic mass is 10.2. The molecule has 138 valence electrons. The molecule has 1 amide bonds. The second kappa shape index (κ2) is 8.75. The fourth-order valence-corrected chi connectivity index (χ4v) is 4.01. The third-order valence-electron chi connectivity index (χ3n) is 3.64. The Bertz CT molecular complexity index is 958. The molecule has 5 nitrogen and oxygen atoms in total. The second-order valence-corrected chi connectivity index (χ2v) is 7.39. The van der Waals surface area contributed by atoms with Gasteiger partial charge in [0.25, 0.3) is 5.91 Å². The standard InChI is InChI=1S/C20H18N2O3S2/c1-3-25-17(23)9-6-14-4-7-16(8-5-14)22-19(24)18-13(2)21-20(27-18)15-10-11-26-12-15/h4-12H,3H2,1-2H3,(H,22,24)/b9-6+. The fourth-order valence-electron chi connectivity index (χ4n) is 2.34. The zero-order chi connectivity index (χ0) is 19.2. The number of amides is 1. The number of hydrogen-bond acceptors (Lipinski definition) is 6. The van der Waals surface area contributed by atoms with Crippen LogP contribution in [0.3, 0.4) is 0 Å². The Labute approximate surface area is 165 Å². The average Bonchev–Trinajstić information content (AvgIpc) is 3.31. The van der Waals surface area contributed by atoms with Crippen LogP contribution in [-0.4, -0.2) is 23.5 Å². The molecule has 27 heavy (non-hydrogen) atoms. The number of hydrogen-bond donors (Lipinski definition) is 1. The Morgan fingerprint density at radius 2 is 2.00 bits per heavy atom. The Morgan fingerprint density at radius 1 is 1.22 bits per heavy atom. The predicted octanol–water partition coefficient (Wildman–Crippen LogP) is 5.01. The number of carbonyl (C=O) groups is 2. The Kier molecular flexibility index (Phi) is 6.16. The van der Waals surface area contributed by atoms with Crippen LogP contribution < -0.4 is 5.32 Å². The normalized spacial score (nSPS) is 10.9. The number of ether oxygens (including phenoxy) is 1. The number of carbonyl (C=O) groups excluding carboxylic acids is 2. The molecule has 2 heterocycles. The third kappa shape index (κ3) is 4.90. The van der Waals surface area contributed by atoms with Gasteiger partial charge in [0.1, 0.15) is 9.88 Å². The lowest BCUT2D eigenvalue weighted by molar-refractivity contribution is -0.137. The summed E-state index contributed by atoms with van der Waals surface area (Å²) in [5.74, 6) is -0.557. The fraction of sp³-hybridized carbons (Fsp3) is 0.150. The number of aromatic nitrogens is 1. The van der Waals surface area contributed by atoms with Gasteiger partial charge in [-0.25, -0.2) is 9.78 Å². The van der Waals surface area contributed by atoms with E-state index in [2.05, 4.69) is 10.3 Å². The Hall–Kier alpha value is -2.77. The van der Waals surface area contributed by atoms with Gasteiger partial charge in [-0.2, -0.15) is 11.3 Å². The van der Waals surface area contributed by atoms with E-state index in [9.17, 15) is 9.59 Å². The summed E-state index contributed by atoms with van der Waals surface area (Å²) in [7, 11) is 0. The number of aryl methyl sites for hydroxylation is 1. The van der Waals surface area contributed by atoms with Crippen LogP contribution in [0.25, 0.3) is 16.6 Å². The number of nitrogens with one attached hydrogen (secondary N) is 1. The molecule has 0 aliphatic heterocycles. The zero-order valence-electron chi connectivity index (χ0n) is 14.9. The monoisotopic (exact) mass is 398 g/mol. The van der Waals surface area contributed by atoms with E-state index in [1.807, 2.05) is 35.9 Å². The summed E-state index contributed by atoms with van der Waals surface area (Å²) >= 11 is 2.99. The molecule has 0 radical (unpaired) electrons. The highest BCUT2D eigenvalue weighted by molar-refractivity contribution is 7.17. The third-order valence-corrected chi connectivity index (χ3v) is 5.53. The number of thiazole rings is 1. The highest BCUT2D eigenvalue weighted by Crippen LogP contribution is 2.29. The van der Waals surface area contributed by atoms with Crippen molar-refractivity contribution in [3.63, 3.8) is 0 Å². The molecule has 0 aliphatic carbocycles. The van der Waals surface area contributed by atoms with Crippen LogP contribution in [0.1, 0.15) is 27.9 Å². The van der Waals surface area contributed by atoms with Crippen molar-refractivity contribution in [3.8, 4) is 10.6 Å². The van der Waals surface area contributed by atoms with Crippen LogP contribution in [-0.2, 0) is 9.53 Å². The van der Waals surface area contributed by atoms with Crippen LogP contribution in [0.4, 0.5) is 5.69 Å². The molecular weight excluding hydrogens is 380 g/mol. The first-order valence-electron chi connectivity index (χ1n) is 8.33. The van der Waals surface area contributed by atoms with Crippen LogP contribution in [0, 0.1) is 6.92 Å². The largest absolute Gasteiger partial charge is 0.463 e. The number of anilines is 1. The smallest absolute Gasteiger partial charge is 0.330 e. The van der Waals surface area contributed by atoms with E-state index in [4.69, 9.17) is 4.74 Å². The van der Waals surface area contributed by atoms with Crippen molar-refractivity contribution in [1.82, 2.24) is 4.98 Å². The van der Waals surface area contributed by atoms with Crippen molar-refractivity contribution in [3.05, 3.63) is 63.3 Å². The van der Waals surface area contributed by atoms with Gasteiger partial charge in [0.2, 0.25) is 0 Å². The average molecular weight is 399 g/mol. The summed E-state index contributed by atoms with van der Waals surface area (Å²) in [6.45, 7) is 3.95. The molecule has 0 aliphatic rings. The quantitative estimate of drug-likeness (QED) is 0.468. The number of rotatable bonds is 6. The van der Waals surface area contributed by atoms with Gasteiger partial charge in [0.05, 0.1) is 12.3 Å². The minimum atomic E-state index is -0.378. The molecule has 7 heteroatoms. The van der Waals surface area contributed by atoms with Gasteiger partial charge in [-0.05, 0) is 49.1 Å². The summed E-state index contributed by atoms with van der Waals surface area (Å²) < 4.78 is 4.84. The Morgan fingerprint density at radius 3 is 2.67 bits per heavy atom. The maximum atomic E-state index is 12.6. The molecule has 0 saturated carbocycles. The van der Waals surface area contributed by atoms with Gasteiger partial charge < -0.3 is 10.1 Å². The summed E-state index contributed by atoms with van der Waals surface area (Å²) in [4.78, 5) is 29.0. The van der Waals surface area contributed by atoms with Crippen LogP contribution in [0.15, 0.2) is 47.2 Å². The zero-order valence-corrected chi connectivity index (χ0v) is 16.5. The molecule has 0 unspecified atom stereocenters.